The van der Waals surface area contributed by atoms with Gasteiger partial charge in [0.2, 0.25) is 5.78 Å². The molecule has 0 N–H and O–H groups in total. The van der Waals surface area contributed by atoms with Crippen LogP contribution in [-0.2, 0) is 4.74 Å². The molecule has 0 bridgehead atoms. The summed E-state index contributed by atoms with van der Waals surface area (Å²) < 4.78 is 64.3. The van der Waals surface area contributed by atoms with Crippen molar-refractivity contribution >= 4 is 17.5 Å². The molecule has 2 aliphatic heterocycles. The summed E-state index contributed by atoms with van der Waals surface area (Å²) in [6.07, 6.45) is -2.34. The van der Waals surface area contributed by atoms with Crippen molar-refractivity contribution in [3.8, 4) is 5.75 Å². The van der Waals surface area contributed by atoms with Gasteiger partial charge < -0.3 is 9.47 Å². The number of ketones is 1. The highest BCUT2D eigenvalue weighted by molar-refractivity contribution is 8.01. The Kier molecular flexibility index (Phi) is 4.07. The highest BCUT2D eigenvalue weighted by Gasteiger charge is 2.50. The molecule has 0 spiro atoms. The molecule has 120 valence electrons. The maximum absolute atomic E-state index is 13.5. The van der Waals surface area contributed by atoms with Gasteiger partial charge in [0.05, 0.1) is 24.3 Å². The van der Waals surface area contributed by atoms with Crippen molar-refractivity contribution in [1.29, 1.82) is 0 Å². The Balaban J connectivity index is 1.98. The summed E-state index contributed by atoms with van der Waals surface area (Å²) in [7, 11) is 0. The van der Waals surface area contributed by atoms with E-state index in [0.717, 1.165) is 0 Å². The third kappa shape index (κ3) is 2.69. The van der Waals surface area contributed by atoms with Gasteiger partial charge in [-0.3, -0.25) is 4.79 Å². The Morgan fingerprint density at radius 3 is 2.59 bits per heavy atom. The van der Waals surface area contributed by atoms with Gasteiger partial charge in [0.1, 0.15) is 11.9 Å². The second-order valence-electron chi connectivity index (χ2n) is 5.03. The lowest BCUT2D eigenvalue weighted by molar-refractivity contribution is 0.0233. The first-order chi connectivity index (χ1) is 10.4. The van der Waals surface area contributed by atoms with E-state index in [4.69, 9.17) is 9.47 Å². The van der Waals surface area contributed by atoms with Crippen LogP contribution in [0.4, 0.5) is 17.6 Å². The van der Waals surface area contributed by atoms with Crippen LogP contribution in [0.25, 0.3) is 0 Å². The molecule has 1 aromatic rings. The van der Waals surface area contributed by atoms with Crippen molar-refractivity contribution in [2.45, 2.75) is 35.5 Å². The van der Waals surface area contributed by atoms with Crippen LogP contribution in [0.2, 0.25) is 0 Å². The molecular formula is C14H12F4O3S. The standard InChI is InChI=1S/C14H12F4O3S/c15-13(16)10-8(21-7-3-5-20-6-4-7)1-2-9-11(10)12(19)14(17,18)22-9/h1-2,7,13H,3-6H2. The number of fused-ring (bicyclic) bond motifs is 1. The van der Waals surface area contributed by atoms with Crippen LogP contribution in [0.1, 0.15) is 35.2 Å². The normalized spacial score (nSPS) is 21.2. The van der Waals surface area contributed by atoms with Gasteiger partial charge in [0, 0.05) is 17.7 Å². The number of ether oxygens (including phenoxy) is 2. The molecule has 22 heavy (non-hydrogen) atoms. The molecule has 8 heteroatoms. The van der Waals surface area contributed by atoms with E-state index in [2.05, 4.69) is 0 Å². The van der Waals surface area contributed by atoms with Gasteiger partial charge in [-0.25, -0.2) is 8.78 Å². The van der Waals surface area contributed by atoms with Crippen molar-refractivity contribution in [2.75, 3.05) is 13.2 Å². The van der Waals surface area contributed by atoms with E-state index in [1.807, 2.05) is 0 Å². The molecule has 2 heterocycles. The molecule has 0 aromatic heterocycles. The van der Waals surface area contributed by atoms with Crippen molar-refractivity contribution in [3.05, 3.63) is 23.3 Å². The highest BCUT2D eigenvalue weighted by Crippen LogP contribution is 2.51. The predicted molar refractivity (Wildman–Crippen MR) is 71.0 cm³/mol. The molecule has 1 aromatic carbocycles. The van der Waals surface area contributed by atoms with Crippen molar-refractivity contribution in [2.24, 2.45) is 0 Å². The second-order valence-corrected chi connectivity index (χ2v) is 6.19. The van der Waals surface area contributed by atoms with Crippen LogP contribution in [0, 0.1) is 0 Å². The molecule has 1 fully saturated rings. The van der Waals surface area contributed by atoms with E-state index in [-0.39, 0.29) is 28.5 Å². The number of carbonyl (C=O) groups excluding carboxylic acids is 1. The number of thioether (sulfide) groups is 1. The number of benzene rings is 1. The van der Waals surface area contributed by atoms with E-state index in [9.17, 15) is 22.4 Å². The number of Topliss-reactive ketones (excluding diaryl/α,β-unsaturated/α-hetero) is 1. The number of hydrogen-bond donors (Lipinski definition) is 0. The summed E-state index contributed by atoms with van der Waals surface area (Å²) >= 11 is -0.00397. The quantitative estimate of drug-likeness (QED) is 0.780. The Morgan fingerprint density at radius 2 is 1.95 bits per heavy atom. The minimum Gasteiger partial charge on any atom is -0.490 e. The van der Waals surface area contributed by atoms with Crippen molar-refractivity contribution in [1.82, 2.24) is 0 Å². The molecule has 0 saturated carbocycles. The van der Waals surface area contributed by atoms with Gasteiger partial charge in [-0.2, -0.15) is 8.78 Å². The number of carbonyl (C=O) groups is 1. The first-order valence-electron chi connectivity index (χ1n) is 6.71. The van der Waals surface area contributed by atoms with E-state index in [1.165, 1.54) is 12.1 Å². The van der Waals surface area contributed by atoms with Crippen LogP contribution in [0.5, 0.6) is 5.75 Å². The average molecular weight is 336 g/mol. The minimum atomic E-state index is -3.71. The van der Waals surface area contributed by atoms with Crippen LogP contribution >= 0.6 is 11.8 Å². The molecular weight excluding hydrogens is 324 g/mol. The van der Waals surface area contributed by atoms with Gasteiger partial charge in [0.25, 0.3) is 6.43 Å². The maximum Gasteiger partial charge on any atom is 0.360 e. The van der Waals surface area contributed by atoms with Crippen LogP contribution < -0.4 is 4.74 Å². The first kappa shape index (κ1) is 15.6. The summed E-state index contributed by atoms with van der Waals surface area (Å²) in [6.45, 7) is 0.902. The van der Waals surface area contributed by atoms with Crippen LogP contribution in [0.3, 0.4) is 0 Å². The number of rotatable bonds is 3. The predicted octanol–water partition coefficient (Wildman–Crippen LogP) is 4.06. The molecule has 0 amide bonds. The first-order valence-corrected chi connectivity index (χ1v) is 7.53. The van der Waals surface area contributed by atoms with E-state index >= 15 is 0 Å². The van der Waals surface area contributed by atoms with Gasteiger partial charge in [-0.1, -0.05) is 0 Å². The third-order valence-electron chi connectivity index (χ3n) is 3.58. The molecule has 0 atom stereocenters. The van der Waals surface area contributed by atoms with Gasteiger partial charge in [-0.05, 0) is 23.9 Å². The number of alkyl halides is 4. The van der Waals surface area contributed by atoms with Crippen LogP contribution in [0.15, 0.2) is 17.0 Å². The minimum absolute atomic E-state index is 0.00397. The summed E-state index contributed by atoms with van der Waals surface area (Å²) in [6, 6.07) is 2.47. The number of halogens is 4. The average Bonchev–Trinajstić information content (AvgIpc) is 2.70. The molecule has 2 aliphatic rings. The Morgan fingerprint density at radius 1 is 1.27 bits per heavy atom. The Hall–Kier alpha value is -1.28. The van der Waals surface area contributed by atoms with Crippen molar-refractivity contribution in [3.63, 3.8) is 0 Å². The number of hydrogen-bond acceptors (Lipinski definition) is 4. The van der Waals surface area contributed by atoms with E-state index < -0.39 is 28.6 Å². The fourth-order valence-corrected chi connectivity index (χ4v) is 3.43. The molecule has 0 unspecified atom stereocenters. The van der Waals surface area contributed by atoms with E-state index in [1.54, 1.807) is 0 Å². The topological polar surface area (TPSA) is 35.5 Å². The summed E-state index contributed by atoms with van der Waals surface area (Å²) in [5.41, 5.74) is -1.35. The summed E-state index contributed by atoms with van der Waals surface area (Å²) in [5.74, 6) is -1.78. The smallest absolute Gasteiger partial charge is 0.360 e. The fraction of sp³-hybridized carbons (Fsp3) is 0.500. The molecule has 0 aliphatic carbocycles. The SMILES string of the molecule is O=C1c2c(ccc(OC3CCOCC3)c2C(F)F)SC1(F)F. The lowest BCUT2D eigenvalue weighted by Crippen LogP contribution is -2.26. The van der Waals surface area contributed by atoms with Gasteiger partial charge in [-0.15, -0.1) is 0 Å². The third-order valence-corrected chi connectivity index (χ3v) is 4.58. The summed E-state index contributed by atoms with van der Waals surface area (Å²) in [4.78, 5) is 11.6. The molecule has 1 saturated heterocycles. The van der Waals surface area contributed by atoms with Crippen molar-refractivity contribution < 1.29 is 31.8 Å². The zero-order valence-corrected chi connectivity index (χ0v) is 12.1. The fourth-order valence-electron chi connectivity index (χ4n) is 2.52. The Bertz CT molecular complexity index is 600. The zero-order chi connectivity index (χ0) is 15.9. The lowest BCUT2D eigenvalue weighted by Gasteiger charge is -2.25. The Labute approximate surface area is 128 Å². The maximum atomic E-state index is 13.5. The van der Waals surface area contributed by atoms with Gasteiger partial charge >= 0.3 is 5.25 Å². The molecule has 3 rings (SSSR count). The molecule has 0 radical (unpaired) electrons. The zero-order valence-electron chi connectivity index (χ0n) is 11.3. The van der Waals surface area contributed by atoms with Gasteiger partial charge in [0.15, 0.2) is 0 Å². The molecule has 3 nitrogen and oxygen atoms in total. The van der Waals surface area contributed by atoms with Crippen LogP contribution in [-0.4, -0.2) is 30.4 Å². The largest absolute Gasteiger partial charge is 0.490 e. The second kappa shape index (κ2) is 5.73. The lowest BCUT2D eigenvalue weighted by atomic mass is 10.0. The summed E-state index contributed by atoms with van der Waals surface area (Å²) in [5, 5.41) is -3.71. The highest BCUT2D eigenvalue weighted by atomic mass is 32.2. The monoisotopic (exact) mass is 336 g/mol. The van der Waals surface area contributed by atoms with E-state index in [0.29, 0.717) is 26.1 Å².